The van der Waals surface area contributed by atoms with Crippen molar-refractivity contribution in [2.45, 2.75) is 6.54 Å². The number of nitrogens with zero attached hydrogens (tertiary/aromatic N) is 4. The zero-order valence-corrected chi connectivity index (χ0v) is 13.3. The molecule has 2 heterocycles. The van der Waals surface area contributed by atoms with E-state index in [0.29, 0.717) is 5.56 Å². The molecule has 0 saturated carbocycles. The molecule has 3 aromatic rings. The minimum Gasteiger partial charge on any atom is -0.351 e. The van der Waals surface area contributed by atoms with Crippen LogP contribution >= 0.6 is 0 Å². The normalized spacial score (nSPS) is 9.96. The highest BCUT2D eigenvalue weighted by Gasteiger charge is 2.13. The van der Waals surface area contributed by atoms with E-state index in [2.05, 4.69) is 25.8 Å². The molecule has 2 N–H and O–H groups in total. The van der Waals surface area contributed by atoms with Crippen LogP contribution in [0.5, 0.6) is 0 Å². The fourth-order valence-electron chi connectivity index (χ4n) is 2.03. The lowest BCUT2D eigenvalue weighted by atomic mass is 10.1. The zero-order chi connectivity index (χ0) is 18.4. The number of nitrogens with one attached hydrogen (secondary N) is 2. The lowest BCUT2D eigenvalue weighted by molar-refractivity contribution is 0.0943. The van der Waals surface area contributed by atoms with Crippen LogP contribution in [0.25, 0.3) is 0 Å². The highest BCUT2D eigenvalue weighted by atomic mass is 16.5. The summed E-state index contributed by atoms with van der Waals surface area (Å²) >= 11 is 0. The van der Waals surface area contributed by atoms with Gasteiger partial charge in [0.1, 0.15) is 17.8 Å². The summed E-state index contributed by atoms with van der Waals surface area (Å²) in [5.74, 6) is -0.780. The molecule has 1 aromatic carbocycles. The Morgan fingerprint density at radius 2 is 1.92 bits per heavy atom. The van der Waals surface area contributed by atoms with Crippen LogP contribution in [0.3, 0.4) is 0 Å². The number of carbonyl (C=O) groups is 2. The predicted octanol–water partition coefficient (Wildman–Crippen LogP) is 1.52. The Balaban J connectivity index is 1.62. The minimum atomic E-state index is -0.537. The molecule has 2 amide bonds. The van der Waals surface area contributed by atoms with Crippen LogP contribution in [-0.2, 0) is 6.54 Å². The Labute approximate surface area is 147 Å². The molecule has 9 nitrogen and oxygen atoms in total. The van der Waals surface area contributed by atoms with Crippen LogP contribution in [0.4, 0.5) is 5.82 Å². The summed E-state index contributed by atoms with van der Waals surface area (Å²) in [6.07, 6.45) is 2.52. The summed E-state index contributed by atoms with van der Waals surface area (Å²) in [5.41, 5.74) is 1.48. The maximum absolute atomic E-state index is 12.2. The van der Waals surface area contributed by atoms with E-state index < -0.39 is 11.8 Å². The van der Waals surface area contributed by atoms with Crippen molar-refractivity contribution in [2.24, 2.45) is 0 Å². The maximum Gasteiger partial charge on any atom is 0.295 e. The summed E-state index contributed by atoms with van der Waals surface area (Å²) in [5, 5.41) is 17.4. The molecular formula is C17H12N6O3. The first-order chi connectivity index (χ1) is 12.7. The van der Waals surface area contributed by atoms with E-state index in [0.717, 1.165) is 5.56 Å². The van der Waals surface area contributed by atoms with E-state index in [1.165, 1.54) is 24.7 Å². The fraction of sp³-hybridized carbons (Fsp3) is 0.0588. The standard InChI is InChI=1S/C17H12N6O3/c18-8-11-1-3-12(4-2-11)9-19-16(24)13-7-15(21-10-20-13)23-17(25)14-5-6-22-26-14/h1-7,10H,9H2,(H,19,24)(H,20,21,23,25). The molecule has 0 atom stereocenters. The largest absolute Gasteiger partial charge is 0.351 e. The molecule has 0 radical (unpaired) electrons. The summed E-state index contributed by atoms with van der Waals surface area (Å²) < 4.78 is 4.74. The van der Waals surface area contributed by atoms with Crippen molar-refractivity contribution in [2.75, 3.05) is 5.32 Å². The van der Waals surface area contributed by atoms with E-state index in [4.69, 9.17) is 9.78 Å². The number of hydrogen-bond donors (Lipinski definition) is 2. The van der Waals surface area contributed by atoms with Crippen molar-refractivity contribution in [3.8, 4) is 6.07 Å². The van der Waals surface area contributed by atoms with Gasteiger partial charge in [0, 0.05) is 18.7 Å². The molecule has 0 unspecified atom stereocenters. The second kappa shape index (κ2) is 7.67. The van der Waals surface area contributed by atoms with Gasteiger partial charge in [0.05, 0.1) is 17.8 Å². The van der Waals surface area contributed by atoms with Gasteiger partial charge in [-0.3, -0.25) is 9.59 Å². The smallest absolute Gasteiger partial charge is 0.295 e. The van der Waals surface area contributed by atoms with Gasteiger partial charge < -0.3 is 15.2 Å². The van der Waals surface area contributed by atoms with Gasteiger partial charge >= 0.3 is 0 Å². The first-order valence-corrected chi connectivity index (χ1v) is 7.47. The molecule has 2 aromatic heterocycles. The fourth-order valence-corrected chi connectivity index (χ4v) is 2.03. The lowest BCUT2D eigenvalue weighted by Gasteiger charge is -2.06. The molecule has 0 fully saturated rings. The van der Waals surface area contributed by atoms with Crippen LogP contribution in [0.1, 0.15) is 32.2 Å². The van der Waals surface area contributed by atoms with E-state index in [-0.39, 0.29) is 23.8 Å². The second-order valence-corrected chi connectivity index (χ2v) is 5.11. The number of anilines is 1. The van der Waals surface area contributed by atoms with Crippen LogP contribution in [-0.4, -0.2) is 26.9 Å². The maximum atomic E-state index is 12.2. The Morgan fingerprint density at radius 1 is 1.12 bits per heavy atom. The van der Waals surface area contributed by atoms with Crippen molar-refractivity contribution in [1.29, 1.82) is 5.26 Å². The molecule has 0 aliphatic rings. The van der Waals surface area contributed by atoms with Crippen molar-refractivity contribution in [3.63, 3.8) is 0 Å². The van der Waals surface area contributed by atoms with Crippen molar-refractivity contribution < 1.29 is 14.1 Å². The summed E-state index contributed by atoms with van der Waals surface area (Å²) in [4.78, 5) is 31.9. The van der Waals surface area contributed by atoms with Crippen molar-refractivity contribution >= 4 is 17.6 Å². The number of rotatable bonds is 5. The Hall–Kier alpha value is -4.06. The molecule has 9 heteroatoms. The third-order valence-electron chi connectivity index (χ3n) is 3.34. The highest BCUT2D eigenvalue weighted by Crippen LogP contribution is 2.08. The molecular weight excluding hydrogens is 336 g/mol. The third kappa shape index (κ3) is 4.07. The first-order valence-electron chi connectivity index (χ1n) is 7.47. The minimum absolute atomic E-state index is 0.0235. The Morgan fingerprint density at radius 3 is 2.62 bits per heavy atom. The average molecular weight is 348 g/mol. The molecule has 128 valence electrons. The molecule has 0 bridgehead atoms. The zero-order valence-electron chi connectivity index (χ0n) is 13.3. The highest BCUT2D eigenvalue weighted by molar-refractivity contribution is 6.02. The molecule has 0 aliphatic heterocycles. The average Bonchev–Trinajstić information content (AvgIpc) is 3.22. The second-order valence-electron chi connectivity index (χ2n) is 5.11. The van der Waals surface area contributed by atoms with Gasteiger partial charge in [-0.2, -0.15) is 5.26 Å². The van der Waals surface area contributed by atoms with Gasteiger partial charge in [0.15, 0.2) is 0 Å². The molecule has 0 spiro atoms. The van der Waals surface area contributed by atoms with E-state index in [9.17, 15) is 9.59 Å². The molecule has 0 saturated heterocycles. The summed E-state index contributed by atoms with van der Waals surface area (Å²) in [6.45, 7) is 0.272. The van der Waals surface area contributed by atoms with E-state index in [1.54, 1.807) is 24.3 Å². The van der Waals surface area contributed by atoms with Crippen molar-refractivity contribution in [1.82, 2.24) is 20.4 Å². The van der Waals surface area contributed by atoms with E-state index >= 15 is 0 Å². The topological polar surface area (TPSA) is 134 Å². The number of amides is 2. The third-order valence-corrected chi connectivity index (χ3v) is 3.34. The van der Waals surface area contributed by atoms with Crippen LogP contribution < -0.4 is 10.6 Å². The number of aromatic nitrogens is 3. The van der Waals surface area contributed by atoms with Crippen LogP contribution in [0.15, 0.2) is 53.4 Å². The molecule has 26 heavy (non-hydrogen) atoms. The first kappa shape index (κ1) is 16.8. The van der Waals surface area contributed by atoms with Gasteiger partial charge in [-0.05, 0) is 17.7 Å². The predicted molar refractivity (Wildman–Crippen MR) is 88.8 cm³/mol. The van der Waals surface area contributed by atoms with Gasteiger partial charge in [-0.25, -0.2) is 9.97 Å². The van der Waals surface area contributed by atoms with Crippen molar-refractivity contribution in [3.05, 3.63) is 71.5 Å². The van der Waals surface area contributed by atoms with E-state index in [1.807, 2.05) is 6.07 Å². The monoisotopic (exact) mass is 348 g/mol. The summed E-state index contributed by atoms with van der Waals surface area (Å²) in [7, 11) is 0. The number of hydrogen-bond acceptors (Lipinski definition) is 7. The molecule has 0 aliphatic carbocycles. The van der Waals surface area contributed by atoms with Gasteiger partial charge in [0.25, 0.3) is 11.8 Å². The number of benzene rings is 1. The van der Waals surface area contributed by atoms with Gasteiger partial charge in [0.2, 0.25) is 5.76 Å². The van der Waals surface area contributed by atoms with Crippen LogP contribution in [0, 0.1) is 11.3 Å². The lowest BCUT2D eigenvalue weighted by Crippen LogP contribution is -2.24. The van der Waals surface area contributed by atoms with Crippen LogP contribution in [0.2, 0.25) is 0 Å². The SMILES string of the molecule is N#Cc1ccc(CNC(=O)c2cc(NC(=O)c3ccno3)ncn2)cc1. The number of nitriles is 1. The quantitative estimate of drug-likeness (QED) is 0.714. The van der Waals surface area contributed by atoms with Gasteiger partial charge in [-0.15, -0.1) is 0 Å². The number of carbonyl (C=O) groups excluding carboxylic acids is 2. The Bertz CT molecular complexity index is 961. The Kier molecular flexibility index (Phi) is 4.95. The molecule has 3 rings (SSSR count). The summed E-state index contributed by atoms with van der Waals surface area (Å²) in [6, 6.07) is 11.6. The van der Waals surface area contributed by atoms with Gasteiger partial charge in [-0.1, -0.05) is 17.3 Å².